The summed E-state index contributed by atoms with van der Waals surface area (Å²) in [5.41, 5.74) is 6.45. The summed E-state index contributed by atoms with van der Waals surface area (Å²) in [6, 6.07) is 22.5. The van der Waals surface area contributed by atoms with Gasteiger partial charge in [0.1, 0.15) is 17.5 Å². The monoisotopic (exact) mass is 592 g/mol. The number of benzene rings is 3. The lowest BCUT2D eigenvalue weighted by Crippen LogP contribution is -2.80. The molecule has 2 aliphatic heterocycles. The molecule has 2 heterocycles. The fraction of sp³-hybridized carbons (Fsp3) is 0.526. The first-order chi connectivity index (χ1) is 21.5. The van der Waals surface area contributed by atoms with E-state index >= 15 is 0 Å². The molecule has 4 bridgehead atoms. The Morgan fingerprint density at radius 2 is 1.82 bits per heavy atom. The van der Waals surface area contributed by atoms with Crippen molar-refractivity contribution in [1.29, 1.82) is 0 Å². The normalized spacial score (nSPS) is 34.3. The predicted molar refractivity (Wildman–Crippen MR) is 171 cm³/mol. The van der Waals surface area contributed by atoms with Gasteiger partial charge in [0.2, 0.25) is 0 Å². The van der Waals surface area contributed by atoms with Crippen LogP contribution in [-0.2, 0) is 23.1 Å². The number of hydrogen-bond acceptors (Lipinski definition) is 6. The highest BCUT2D eigenvalue weighted by molar-refractivity contribution is 5.64. The Morgan fingerprint density at radius 3 is 2.59 bits per heavy atom. The summed E-state index contributed by atoms with van der Waals surface area (Å²) < 4.78 is 25.4. The van der Waals surface area contributed by atoms with Crippen molar-refractivity contribution in [3.05, 3.63) is 82.9 Å². The van der Waals surface area contributed by atoms with Gasteiger partial charge in [-0.25, -0.2) is 0 Å². The fourth-order valence-electron chi connectivity index (χ4n) is 10.7. The summed E-state index contributed by atoms with van der Waals surface area (Å²) in [7, 11) is 5.44. The molecule has 2 spiro atoms. The van der Waals surface area contributed by atoms with Crippen LogP contribution in [0.3, 0.4) is 0 Å². The van der Waals surface area contributed by atoms with Crippen LogP contribution in [0.4, 0.5) is 5.69 Å². The van der Waals surface area contributed by atoms with E-state index < -0.39 is 5.60 Å². The van der Waals surface area contributed by atoms with E-state index in [0.717, 1.165) is 67.6 Å². The SMILES string of the molecule is COc1ccc(CNc2cccc([C@H]3C[C@@]45CC[C@]3(OC)[C@@H]3Oc6c(OC)ccc7c6[C@@]34CCN(CC3CC3)[C@@H]5C7)c2)cc1. The third-order valence-electron chi connectivity index (χ3n) is 12.8. The largest absolute Gasteiger partial charge is 0.497 e. The zero-order chi connectivity index (χ0) is 29.7. The Bertz CT molecular complexity index is 1600. The quantitative estimate of drug-likeness (QED) is 0.298. The first-order valence-electron chi connectivity index (χ1n) is 16.7. The maximum Gasteiger partial charge on any atom is 0.165 e. The van der Waals surface area contributed by atoms with Gasteiger partial charge < -0.3 is 24.3 Å². The molecule has 3 aromatic carbocycles. The lowest BCUT2D eigenvalue weighted by Gasteiger charge is -2.74. The van der Waals surface area contributed by atoms with Gasteiger partial charge in [-0.05, 0) is 104 Å². The number of methoxy groups -OCH3 is 3. The fourth-order valence-corrected chi connectivity index (χ4v) is 10.7. The van der Waals surface area contributed by atoms with Crippen molar-refractivity contribution in [1.82, 2.24) is 4.90 Å². The van der Waals surface area contributed by atoms with Gasteiger partial charge in [0.05, 0.1) is 14.2 Å². The number of nitrogens with zero attached hydrogens (tertiary/aromatic N) is 1. The number of nitrogens with one attached hydrogen (secondary N) is 1. The van der Waals surface area contributed by atoms with Crippen LogP contribution in [0.1, 0.15) is 66.7 Å². The molecule has 6 nitrogen and oxygen atoms in total. The topological polar surface area (TPSA) is 52.2 Å². The van der Waals surface area contributed by atoms with E-state index in [4.69, 9.17) is 18.9 Å². The average Bonchev–Trinajstić information content (AvgIpc) is 3.82. The lowest BCUT2D eigenvalue weighted by molar-refractivity contribution is -0.261. The van der Waals surface area contributed by atoms with E-state index in [1.807, 2.05) is 19.2 Å². The van der Waals surface area contributed by atoms with Crippen LogP contribution >= 0.6 is 0 Å². The van der Waals surface area contributed by atoms with Gasteiger partial charge in [0, 0.05) is 54.2 Å². The summed E-state index contributed by atoms with van der Waals surface area (Å²) in [4.78, 5) is 2.92. The third-order valence-corrected chi connectivity index (χ3v) is 12.8. The van der Waals surface area contributed by atoms with Crippen molar-refractivity contribution >= 4 is 5.69 Å². The molecule has 7 aliphatic rings. The van der Waals surface area contributed by atoms with E-state index in [1.165, 1.54) is 48.1 Å². The summed E-state index contributed by atoms with van der Waals surface area (Å²) in [5.74, 6) is 3.92. The van der Waals surface area contributed by atoms with Crippen LogP contribution in [0.15, 0.2) is 60.7 Å². The van der Waals surface area contributed by atoms with Gasteiger partial charge in [-0.3, -0.25) is 4.90 Å². The molecule has 6 atom stereocenters. The molecule has 5 fully saturated rings. The van der Waals surface area contributed by atoms with Crippen LogP contribution in [-0.4, -0.2) is 57.1 Å². The third kappa shape index (κ3) is 3.50. The highest BCUT2D eigenvalue weighted by Gasteiger charge is 2.80. The molecule has 0 aromatic heterocycles. The van der Waals surface area contributed by atoms with Crippen molar-refractivity contribution in [3.8, 4) is 17.2 Å². The van der Waals surface area contributed by atoms with Crippen molar-refractivity contribution in [3.63, 3.8) is 0 Å². The molecule has 44 heavy (non-hydrogen) atoms. The molecule has 5 aliphatic carbocycles. The van der Waals surface area contributed by atoms with Crippen molar-refractivity contribution < 1.29 is 18.9 Å². The Morgan fingerprint density at radius 1 is 0.955 bits per heavy atom. The molecule has 1 saturated heterocycles. The van der Waals surface area contributed by atoms with Gasteiger partial charge in [-0.1, -0.05) is 30.3 Å². The number of likely N-dealkylation sites (tertiary alicyclic amines) is 1. The number of piperidine rings is 1. The van der Waals surface area contributed by atoms with Crippen LogP contribution in [0, 0.1) is 11.3 Å². The minimum atomic E-state index is -0.391. The van der Waals surface area contributed by atoms with Crippen LogP contribution in [0.5, 0.6) is 17.2 Å². The molecular weight excluding hydrogens is 548 g/mol. The lowest BCUT2D eigenvalue weighted by atomic mass is 9.34. The minimum absolute atomic E-state index is 0.0145. The molecule has 0 amide bonds. The van der Waals surface area contributed by atoms with E-state index in [2.05, 4.69) is 58.7 Å². The van der Waals surface area contributed by atoms with Gasteiger partial charge in [0.25, 0.3) is 0 Å². The Kier molecular flexibility index (Phi) is 5.94. The average molecular weight is 593 g/mol. The van der Waals surface area contributed by atoms with E-state index in [0.29, 0.717) is 6.04 Å². The molecule has 230 valence electrons. The number of anilines is 1. The highest BCUT2D eigenvalue weighted by atomic mass is 16.6. The summed E-state index contributed by atoms with van der Waals surface area (Å²) >= 11 is 0. The Hall–Kier alpha value is -3.22. The zero-order valence-corrected chi connectivity index (χ0v) is 26.2. The van der Waals surface area contributed by atoms with E-state index in [-0.39, 0.29) is 22.9 Å². The standard InChI is InChI=1S/C38H44N2O4/c1-41-29-12-9-24(10-13-29)22-39-28-6-4-5-26(19-28)30-21-36-15-16-38(30,43-3)35-37(36)17-18-40(23-25-7-8-25)32(36)20-27-11-14-31(42-2)34(44-35)33(27)37/h4-6,9-14,19,25,30,32,35,39H,7-8,15-18,20-23H2,1-3H3/t30-,32-,35-,36-,37+,38-/m1/s1. The molecule has 0 unspecified atom stereocenters. The second-order valence-corrected chi connectivity index (χ2v) is 14.4. The second kappa shape index (κ2) is 9.64. The Balaban J connectivity index is 1.12. The van der Waals surface area contributed by atoms with Crippen LogP contribution in [0.25, 0.3) is 0 Å². The maximum absolute atomic E-state index is 7.26. The first kappa shape index (κ1) is 27.1. The van der Waals surface area contributed by atoms with Gasteiger partial charge in [0.15, 0.2) is 11.5 Å². The molecule has 4 saturated carbocycles. The molecule has 10 rings (SSSR count). The number of ether oxygens (including phenoxy) is 4. The van der Waals surface area contributed by atoms with Gasteiger partial charge in [-0.2, -0.15) is 0 Å². The molecule has 1 N–H and O–H groups in total. The minimum Gasteiger partial charge on any atom is -0.497 e. The zero-order valence-electron chi connectivity index (χ0n) is 26.2. The van der Waals surface area contributed by atoms with E-state index in [9.17, 15) is 0 Å². The summed E-state index contributed by atoms with van der Waals surface area (Å²) in [5, 5.41) is 3.70. The maximum atomic E-state index is 7.26. The second-order valence-electron chi connectivity index (χ2n) is 14.4. The molecule has 6 heteroatoms. The van der Waals surface area contributed by atoms with Gasteiger partial charge in [-0.15, -0.1) is 0 Å². The highest BCUT2D eigenvalue weighted by Crippen LogP contribution is 2.78. The first-order valence-corrected chi connectivity index (χ1v) is 16.7. The predicted octanol–water partition coefficient (Wildman–Crippen LogP) is 6.71. The molecule has 3 aromatic rings. The summed E-state index contributed by atoms with van der Waals surface area (Å²) in [6.45, 7) is 3.19. The van der Waals surface area contributed by atoms with Crippen LogP contribution < -0.4 is 19.5 Å². The van der Waals surface area contributed by atoms with Crippen molar-refractivity contribution in [2.24, 2.45) is 11.3 Å². The van der Waals surface area contributed by atoms with Crippen LogP contribution in [0.2, 0.25) is 0 Å². The van der Waals surface area contributed by atoms with Gasteiger partial charge >= 0.3 is 0 Å². The Labute approximate surface area is 261 Å². The number of fused-ring (bicyclic) bond motifs is 2. The molecular formula is C38H44N2O4. The number of hydrogen-bond donors (Lipinski definition) is 1. The van der Waals surface area contributed by atoms with E-state index in [1.54, 1.807) is 14.2 Å². The van der Waals surface area contributed by atoms with Crippen molar-refractivity contribution in [2.75, 3.05) is 39.7 Å². The summed E-state index contributed by atoms with van der Waals surface area (Å²) in [6.07, 6.45) is 8.43. The molecule has 0 radical (unpaired) electrons. The number of rotatable bonds is 9. The smallest absolute Gasteiger partial charge is 0.165 e. The van der Waals surface area contributed by atoms with Crippen molar-refractivity contribution in [2.45, 2.75) is 80.6 Å².